The molecule has 0 aromatic carbocycles. The zero-order valence-electron chi connectivity index (χ0n) is 59.7. The van der Waals surface area contributed by atoms with Crippen LogP contribution < -0.4 is 21.3 Å². The Balaban J connectivity index is 3.23. The van der Waals surface area contributed by atoms with Crippen LogP contribution >= 0.6 is 0 Å². The number of aliphatic hydroxyl groups excluding tert-OH is 1. The molecule has 2 rings (SSSR count). The summed E-state index contributed by atoms with van der Waals surface area (Å²) in [5.74, 6) is -16.4. The fourth-order valence-corrected chi connectivity index (χ4v) is 11.6. The fourth-order valence-electron chi connectivity index (χ4n) is 11.6. The number of amides is 11. The van der Waals surface area contributed by atoms with Crippen LogP contribution in [0.25, 0.3) is 0 Å². The second-order valence-corrected chi connectivity index (χ2v) is 27.5. The molecule has 12 atom stereocenters. The van der Waals surface area contributed by atoms with Crippen molar-refractivity contribution in [2.45, 2.75) is 222 Å². The molecule has 1 saturated heterocycles. The van der Waals surface area contributed by atoms with Crippen molar-refractivity contribution < 1.29 is 76.9 Å². The number of rotatable bonds is 15. The molecule has 0 spiro atoms. The number of esters is 2. The van der Waals surface area contributed by atoms with E-state index in [1.807, 2.05) is 27.7 Å². The molecule has 1 fully saturated rings. The van der Waals surface area contributed by atoms with Crippen LogP contribution in [0.5, 0.6) is 0 Å². The SMILES string of the molecule is C/C=C/C[C@@H](C)[C@@H](O)[C@H]1C(=O)N[C@@H](CC)C(=O)N(C)CC(=O)N(C)[C@@H](CC(C)C)C(=O)N[C@@H](C(C)C)C(=O)N(C)[C@@H](CC(C)C)C(=O)N[C@@H](C)C(=O)N[C@H](C)C(=O)N(C)[C@@H](CC(C)C)C(=O)N(C)[C@@]2(CC(C)C)OC(=O)/C=C\C(=O)O[C@@](C(C)C)(C(=O)N1C)N(C)C2=O. The molecule has 11 amide bonds. The van der Waals surface area contributed by atoms with Crippen LogP contribution in [0.15, 0.2) is 24.3 Å². The Labute approximate surface area is 551 Å². The van der Waals surface area contributed by atoms with Crippen molar-refractivity contribution >= 4 is 76.9 Å². The van der Waals surface area contributed by atoms with Gasteiger partial charge in [-0.05, 0) is 88.4 Å². The summed E-state index contributed by atoms with van der Waals surface area (Å²) >= 11 is 0. The Hall–Kier alpha value is -7.45. The predicted octanol–water partition coefficient (Wildman–Crippen LogP) is 2.58. The van der Waals surface area contributed by atoms with Crippen molar-refractivity contribution in [3.63, 3.8) is 0 Å². The first kappa shape index (κ1) is 81.6. The van der Waals surface area contributed by atoms with Gasteiger partial charge in [0, 0.05) is 73.8 Å². The maximum atomic E-state index is 16.1. The topological polar surface area (TPSA) is 331 Å². The van der Waals surface area contributed by atoms with Gasteiger partial charge in [-0.15, -0.1) is 0 Å². The number of carbonyl (C=O) groups excluding carboxylic acids is 13. The van der Waals surface area contributed by atoms with E-state index >= 15 is 19.2 Å². The van der Waals surface area contributed by atoms with E-state index in [-0.39, 0.29) is 49.9 Å². The number of nitrogens with one attached hydrogen (secondary N) is 4. The van der Waals surface area contributed by atoms with Gasteiger partial charge in [0.15, 0.2) is 0 Å². The molecule has 5 N–H and O–H groups in total. The first-order valence-electron chi connectivity index (χ1n) is 32.5. The Bertz CT molecular complexity index is 2770. The van der Waals surface area contributed by atoms with E-state index in [9.17, 15) is 48.3 Å². The van der Waals surface area contributed by atoms with E-state index in [2.05, 4.69) is 21.3 Å². The Morgan fingerprint density at radius 2 is 1.03 bits per heavy atom. The van der Waals surface area contributed by atoms with E-state index in [1.165, 1.54) is 67.8 Å². The van der Waals surface area contributed by atoms with Crippen molar-refractivity contribution in [1.82, 2.24) is 55.6 Å². The second kappa shape index (κ2) is 35.2. The smallest absolute Gasteiger partial charge is 0.333 e. The van der Waals surface area contributed by atoms with Crippen LogP contribution in [0.2, 0.25) is 0 Å². The van der Waals surface area contributed by atoms with E-state index < -0.39 is 179 Å². The number of carbonyl (C=O) groups is 13. The van der Waals surface area contributed by atoms with E-state index in [0.29, 0.717) is 17.1 Å². The fraction of sp³-hybridized carbons (Fsp3) is 0.742. The molecule has 0 unspecified atom stereocenters. The Kier molecular flexibility index (Phi) is 30.9. The molecule has 0 saturated carbocycles. The molecule has 2 heterocycles. The quantitative estimate of drug-likeness (QED) is 0.116. The average molecular weight is 1310 g/mol. The summed E-state index contributed by atoms with van der Waals surface area (Å²) in [6, 6.07) is -11.1. The third kappa shape index (κ3) is 20.3. The maximum Gasteiger partial charge on any atom is 0.333 e. The monoisotopic (exact) mass is 1310 g/mol. The van der Waals surface area contributed by atoms with E-state index in [0.717, 1.165) is 38.6 Å². The first-order chi connectivity index (χ1) is 42.9. The largest absolute Gasteiger partial charge is 0.426 e. The zero-order chi connectivity index (χ0) is 71.8. The van der Waals surface area contributed by atoms with Crippen LogP contribution in [0, 0.1) is 41.4 Å². The van der Waals surface area contributed by atoms with Crippen molar-refractivity contribution in [1.29, 1.82) is 0 Å². The summed E-state index contributed by atoms with van der Waals surface area (Å²) in [4.78, 5) is 199. The zero-order valence-corrected chi connectivity index (χ0v) is 59.7. The predicted molar refractivity (Wildman–Crippen MR) is 348 cm³/mol. The minimum absolute atomic E-state index is 0.0669. The number of nitrogens with zero attached hydrogens (tertiary/aromatic N) is 7. The summed E-state index contributed by atoms with van der Waals surface area (Å²) in [5, 5.41) is 23.1. The van der Waals surface area contributed by atoms with Crippen LogP contribution in [0.3, 0.4) is 0 Å². The second-order valence-electron chi connectivity index (χ2n) is 27.5. The van der Waals surface area contributed by atoms with Gasteiger partial charge in [0.25, 0.3) is 23.3 Å². The molecule has 0 aliphatic carbocycles. The number of likely N-dealkylation sites (N-methyl/N-ethyl adjacent to an activating group) is 7. The lowest BCUT2D eigenvalue weighted by Gasteiger charge is -2.50. The number of ether oxygens (including phenoxy) is 2. The molecular weight excluding hydrogens is 1200 g/mol. The standard InChI is InChI=1S/C66H111N11O16/c1-25-27-28-42(15)54(81)53-58(85)69-45(26-2)60(87)71(18)35-49(78)72(19)46(31-36(3)4)57(84)70-52(40(11)12)62(89)73(20)47(32-37(5)6)56(83)67-43(16)55(82)68-44(17)59(86)74(21)48(33-38(7)8)61(88)76(23)65(34-39(9)10)63(90)77(24)66(41(13)14,64(91)75(53)22)93-51(80)30-29-50(79)92-65/h25,27,29-30,36-48,52-54,81H,26,28,31-35H2,1-24H3,(H,67,83)(H,68,82)(H,69,85)(H,70,84)/b27-25+,30-29-/t42-,43+,44-,45+,46+,47+,48+,52+,53+,54-,65+,66+/m1/s1. The summed E-state index contributed by atoms with van der Waals surface area (Å²) in [7, 11) is 8.78. The summed E-state index contributed by atoms with van der Waals surface area (Å²) < 4.78 is 12.2. The summed E-state index contributed by atoms with van der Waals surface area (Å²) in [5.41, 5.74) is -5.53. The van der Waals surface area contributed by atoms with Crippen LogP contribution in [-0.2, 0) is 71.8 Å². The first-order valence-corrected chi connectivity index (χ1v) is 32.5. The highest BCUT2D eigenvalue weighted by atomic mass is 16.6. The molecule has 2 aliphatic heterocycles. The molecule has 526 valence electrons. The van der Waals surface area contributed by atoms with Gasteiger partial charge in [0.1, 0.15) is 48.3 Å². The number of allylic oxidation sites excluding steroid dienone is 2. The minimum atomic E-state index is -2.81. The molecule has 27 nitrogen and oxygen atoms in total. The van der Waals surface area contributed by atoms with Gasteiger partial charge in [-0.2, -0.15) is 0 Å². The van der Waals surface area contributed by atoms with Crippen molar-refractivity contribution in [2.24, 2.45) is 41.4 Å². The van der Waals surface area contributed by atoms with Gasteiger partial charge in [-0.1, -0.05) is 109 Å². The van der Waals surface area contributed by atoms with E-state index in [1.54, 1.807) is 74.5 Å². The van der Waals surface area contributed by atoms with Crippen LogP contribution in [0.1, 0.15) is 156 Å². The molecule has 2 bridgehead atoms. The van der Waals surface area contributed by atoms with Crippen molar-refractivity contribution in [3.8, 4) is 0 Å². The molecular formula is C66H111N11O16. The lowest BCUT2D eigenvalue weighted by atomic mass is 9.89. The minimum Gasteiger partial charge on any atom is -0.426 e. The van der Waals surface area contributed by atoms with Crippen LogP contribution in [0.4, 0.5) is 0 Å². The third-order valence-corrected chi connectivity index (χ3v) is 17.3. The summed E-state index contributed by atoms with van der Waals surface area (Å²) in [6.45, 7) is 27.4. The summed E-state index contributed by atoms with van der Waals surface area (Å²) in [6.07, 6.45) is 2.74. The van der Waals surface area contributed by atoms with Crippen molar-refractivity contribution in [2.75, 3.05) is 55.9 Å². The van der Waals surface area contributed by atoms with Gasteiger partial charge in [0.2, 0.25) is 53.2 Å². The Morgan fingerprint density at radius 3 is 1.52 bits per heavy atom. The lowest BCUT2D eigenvalue weighted by molar-refractivity contribution is -0.226. The van der Waals surface area contributed by atoms with Gasteiger partial charge >= 0.3 is 11.9 Å². The highest BCUT2D eigenvalue weighted by Gasteiger charge is 2.61. The number of hydrogen-bond acceptors (Lipinski definition) is 16. The average Bonchev–Trinajstić information content (AvgIpc) is 0.738. The maximum absolute atomic E-state index is 16.1. The Morgan fingerprint density at radius 1 is 0.548 bits per heavy atom. The van der Waals surface area contributed by atoms with Crippen molar-refractivity contribution in [3.05, 3.63) is 24.3 Å². The molecule has 0 aromatic rings. The highest BCUT2D eigenvalue weighted by molar-refractivity contribution is 6.03. The third-order valence-electron chi connectivity index (χ3n) is 17.3. The molecule has 2 aliphatic rings. The molecule has 0 aromatic heterocycles. The van der Waals surface area contributed by atoms with E-state index in [4.69, 9.17) is 9.47 Å². The molecule has 27 heteroatoms. The van der Waals surface area contributed by atoms with Crippen LogP contribution in [-0.4, -0.2) is 238 Å². The van der Waals surface area contributed by atoms with Gasteiger partial charge in [-0.25, -0.2) is 9.59 Å². The van der Waals surface area contributed by atoms with Gasteiger partial charge < -0.3 is 60.3 Å². The number of aliphatic hydroxyl groups is 1. The number of fused-ring (bicyclic) bond motifs is 3. The normalized spacial score (nSPS) is 28.2. The molecule has 93 heavy (non-hydrogen) atoms. The lowest BCUT2D eigenvalue weighted by Crippen LogP contribution is -2.73. The highest BCUT2D eigenvalue weighted by Crippen LogP contribution is 2.38. The van der Waals surface area contributed by atoms with Gasteiger partial charge in [-0.3, -0.25) is 62.5 Å². The number of hydrogen-bond donors (Lipinski definition) is 5. The molecule has 0 radical (unpaired) electrons. The van der Waals surface area contributed by atoms with Gasteiger partial charge in [0.05, 0.1) is 12.6 Å².